The SMILES string of the molecule is CCNC(=NCC(c1ccccc1)N(C)C)NCCCOCC1CCOC1. The molecule has 2 rings (SSSR count). The number of aliphatic imine (C=N–C) groups is 1. The van der Waals surface area contributed by atoms with E-state index in [1.807, 2.05) is 6.07 Å². The average molecular weight is 377 g/mol. The van der Waals surface area contributed by atoms with Gasteiger partial charge in [-0.15, -0.1) is 0 Å². The topological polar surface area (TPSA) is 58.1 Å². The van der Waals surface area contributed by atoms with Crippen molar-refractivity contribution in [3.8, 4) is 0 Å². The summed E-state index contributed by atoms with van der Waals surface area (Å²) in [4.78, 5) is 7.00. The number of likely N-dealkylation sites (N-methyl/N-ethyl adjacent to an activating group) is 1. The van der Waals surface area contributed by atoms with Crippen LogP contribution in [0.5, 0.6) is 0 Å². The lowest BCUT2D eigenvalue weighted by Crippen LogP contribution is -2.38. The lowest BCUT2D eigenvalue weighted by atomic mass is 10.1. The highest BCUT2D eigenvalue weighted by atomic mass is 16.5. The summed E-state index contributed by atoms with van der Waals surface area (Å²) in [6, 6.07) is 10.8. The third-order valence-corrected chi connectivity index (χ3v) is 4.71. The van der Waals surface area contributed by atoms with Gasteiger partial charge in [0.2, 0.25) is 0 Å². The van der Waals surface area contributed by atoms with Gasteiger partial charge >= 0.3 is 0 Å². The predicted molar refractivity (Wildman–Crippen MR) is 111 cm³/mol. The van der Waals surface area contributed by atoms with Gasteiger partial charge in [-0.2, -0.15) is 0 Å². The average Bonchev–Trinajstić information content (AvgIpc) is 3.18. The summed E-state index contributed by atoms with van der Waals surface area (Å²) in [6.07, 6.45) is 2.09. The Morgan fingerprint density at radius 3 is 2.78 bits per heavy atom. The van der Waals surface area contributed by atoms with Crippen molar-refractivity contribution in [2.75, 3.05) is 60.2 Å². The van der Waals surface area contributed by atoms with Crippen LogP contribution in [0.25, 0.3) is 0 Å². The molecular formula is C21H36N4O2. The molecule has 0 aliphatic carbocycles. The minimum absolute atomic E-state index is 0.263. The molecule has 1 aliphatic heterocycles. The lowest BCUT2D eigenvalue weighted by molar-refractivity contribution is 0.0888. The van der Waals surface area contributed by atoms with Gasteiger partial charge in [-0.1, -0.05) is 30.3 Å². The van der Waals surface area contributed by atoms with Gasteiger partial charge in [-0.3, -0.25) is 4.99 Å². The van der Waals surface area contributed by atoms with E-state index in [-0.39, 0.29) is 6.04 Å². The van der Waals surface area contributed by atoms with Crippen LogP contribution in [0.1, 0.15) is 31.4 Å². The zero-order valence-electron chi connectivity index (χ0n) is 17.1. The Morgan fingerprint density at radius 2 is 2.11 bits per heavy atom. The molecule has 6 nitrogen and oxygen atoms in total. The first-order valence-corrected chi connectivity index (χ1v) is 10.1. The summed E-state index contributed by atoms with van der Waals surface area (Å²) in [5.41, 5.74) is 1.28. The number of rotatable bonds is 11. The van der Waals surface area contributed by atoms with E-state index in [2.05, 4.69) is 60.8 Å². The summed E-state index contributed by atoms with van der Waals surface area (Å²) in [5, 5.41) is 6.74. The number of guanidine groups is 1. The molecule has 2 unspecified atom stereocenters. The highest BCUT2D eigenvalue weighted by Gasteiger charge is 2.15. The molecule has 0 aromatic heterocycles. The Kier molecular flexibility index (Phi) is 10.2. The Balaban J connectivity index is 1.73. The van der Waals surface area contributed by atoms with E-state index in [0.717, 1.165) is 58.3 Å². The number of nitrogens with zero attached hydrogens (tertiary/aromatic N) is 2. The van der Waals surface area contributed by atoms with Crippen molar-refractivity contribution in [1.29, 1.82) is 0 Å². The maximum Gasteiger partial charge on any atom is 0.191 e. The third kappa shape index (κ3) is 8.28. The maximum atomic E-state index is 5.76. The second kappa shape index (κ2) is 12.7. The van der Waals surface area contributed by atoms with Crippen molar-refractivity contribution < 1.29 is 9.47 Å². The molecule has 0 radical (unpaired) electrons. The first-order valence-electron chi connectivity index (χ1n) is 10.1. The zero-order valence-corrected chi connectivity index (χ0v) is 17.1. The van der Waals surface area contributed by atoms with Crippen molar-refractivity contribution in [1.82, 2.24) is 15.5 Å². The molecule has 6 heteroatoms. The van der Waals surface area contributed by atoms with Crippen LogP contribution < -0.4 is 10.6 Å². The van der Waals surface area contributed by atoms with Crippen LogP contribution in [0.2, 0.25) is 0 Å². The third-order valence-electron chi connectivity index (χ3n) is 4.71. The molecule has 1 heterocycles. The number of benzene rings is 1. The highest BCUT2D eigenvalue weighted by Crippen LogP contribution is 2.18. The van der Waals surface area contributed by atoms with E-state index in [4.69, 9.17) is 14.5 Å². The van der Waals surface area contributed by atoms with Crippen molar-refractivity contribution in [2.45, 2.75) is 25.8 Å². The molecule has 2 atom stereocenters. The van der Waals surface area contributed by atoms with Crippen LogP contribution in [-0.2, 0) is 9.47 Å². The molecule has 0 saturated carbocycles. The van der Waals surface area contributed by atoms with Gasteiger partial charge in [0.1, 0.15) is 0 Å². The Morgan fingerprint density at radius 1 is 1.30 bits per heavy atom. The van der Waals surface area contributed by atoms with E-state index < -0.39 is 0 Å². The smallest absolute Gasteiger partial charge is 0.191 e. The highest BCUT2D eigenvalue weighted by molar-refractivity contribution is 5.79. The van der Waals surface area contributed by atoms with Crippen molar-refractivity contribution >= 4 is 5.96 Å². The van der Waals surface area contributed by atoms with E-state index in [9.17, 15) is 0 Å². The van der Waals surface area contributed by atoms with E-state index in [1.165, 1.54) is 5.56 Å². The Hall–Kier alpha value is -1.63. The largest absolute Gasteiger partial charge is 0.381 e. The molecule has 152 valence electrons. The minimum Gasteiger partial charge on any atom is -0.381 e. The minimum atomic E-state index is 0.263. The molecule has 1 aromatic rings. The van der Waals surface area contributed by atoms with Gasteiger partial charge in [0, 0.05) is 32.2 Å². The fraction of sp³-hybridized carbons (Fsp3) is 0.667. The molecule has 1 aromatic carbocycles. The van der Waals surface area contributed by atoms with Gasteiger partial charge in [0.25, 0.3) is 0 Å². The first-order chi connectivity index (χ1) is 13.2. The second-order valence-electron chi connectivity index (χ2n) is 7.19. The number of nitrogens with one attached hydrogen (secondary N) is 2. The monoisotopic (exact) mass is 376 g/mol. The van der Waals surface area contributed by atoms with Crippen LogP contribution in [0.4, 0.5) is 0 Å². The number of hydrogen-bond acceptors (Lipinski definition) is 4. The van der Waals surface area contributed by atoms with Gasteiger partial charge in [0.05, 0.1) is 25.8 Å². The molecular weight excluding hydrogens is 340 g/mol. The van der Waals surface area contributed by atoms with E-state index in [0.29, 0.717) is 12.5 Å². The van der Waals surface area contributed by atoms with Gasteiger partial charge in [0.15, 0.2) is 5.96 Å². The summed E-state index contributed by atoms with van der Waals surface area (Å²) < 4.78 is 11.1. The molecule has 1 saturated heterocycles. The summed E-state index contributed by atoms with van der Waals surface area (Å²) in [5.74, 6) is 1.45. The van der Waals surface area contributed by atoms with Gasteiger partial charge in [-0.25, -0.2) is 0 Å². The van der Waals surface area contributed by atoms with Crippen LogP contribution in [0.15, 0.2) is 35.3 Å². The van der Waals surface area contributed by atoms with Crippen molar-refractivity contribution in [3.05, 3.63) is 35.9 Å². The fourth-order valence-corrected chi connectivity index (χ4v) is 3.11. The first kappa shape index (κ1) is 21.7. The Labute approximate surface area is 164 Å². The van der Waals surface area contributed by atoms with Crippen molar-refractivity contribution in [2.24, 2.45) is 10.9 Å². The molecule has 1 aliphatic rings. The molecule has 0 bridgehead atoms. The van der Waals surface area contributed by atoms with Crippen LogP contribution in [-0.4, -0.2) is 71.0 Å². The lowest BCUT2D eigenvalue weighted by Gasteiger charge is -2.23. The van der Waals surface area contributed by atoms with Gasteiger partial charge in [-0.05, 0) is 39.4 Å². The van der Waals surface area contributed by atoms with Crippen LogP contribution in [0, 0.1) is 5.92 Å². The number of ether oxygens (including phenoxy) is 2. The molecule has 0 amide bonds. The molecule has 0 spiro atoms. The van der Waals surface area contributed by atoms with E-state index in [1.54, 1.807) is 0 Å². The molecule has 1 fully saturated rings. The summed E-state index contributed by atoms with van der Waals surface area (Å²) in [6.45, 7) is 7.82. The van der Waals surface area contributed by atoms with Gasteiger partial charge < -0.3 is 25.0 Å². The van der Waals surface area contributed by atoms with E-state index >= 15 is 0 Å². The number of hydrogen-bond donors (Lipinski definition) is 2. The van der Waals surface area contributed by atoms with Crippen LogP contribution >= 0.6 is 0 Å². The predicted octanol–water partition coefficient (Wildman–Crippen LogP) is 2.29. The van der Waals surface area contributed by atoms with Crippen molar-refractivity contribution in [3.63, 3.8) is 0 Å². The summed E-state index contributed by atoms with van der Waals surface area (Å²) in [7, 11) is 4.19. The standard InChI is InChI=1S/C21H36N4O2/c1-4-22-21(23-12-8-13-26-16-18-11-14-27-17-18)24-15-20(25(2)3)19-9-6-5-7-10-19/h5-7,9-10,18,20H,4,8,11-17H2,1-3H3,(H2,22,23,24). The zero-order chi connectivity index (χ0) is 19.3. The quantitative estimate of drug-likeness (QED) is 0.353. The maximum absolute atomic E-state index is 5.76. The van der Waals surface area contributed by atoms with Crippen LogP contribution in [0.3, 0.4) is 0 Å². The molecule has 2 N–H and O–H groups in total. The fourth-order valence-electron chi connectivity index (χ4n) is 3.11. The normalized spacial score (nSPS) is 18.7. The molecule has 27 heavy (non-hydrogen) atoms. The Bertz CT molecular complexity index is 530. The second-order valence-corrected chi connectivity index (χ2v) is 7.19. The summed E-state index contributed by atoms with van der Waals surface area (Å²) >= 11 is 0.